The minimum absolute atomic E-state index is 0.276. The molecule has 9 aromatic carbocycles. The van der Waals surface area contributed by atoms with Crippen LogP contribution in [0, 0.1) is 0 Å². The van der Waals surface area contributed by atoms with E-state index in [0.717, 1.165) is 76.9 Å². The van der Waals surface area contributed by atoms with Crippen molar-refractivity contribution in [2.75, 3.05) is 0 Å². The van der Waals surface area contributed by atoms with E-state index in [4.69, 9.17) is 23.8 Å². The van der Waals surface area contributed by atoms with E-state index in [2.05, 4.69) is 147 Å². The van der Waals surface area contributed by atoms with Gasteiger partial charge in [-0.15, -0.1) is 0 Å². The van der Waals surface area contributed by atoms with Crippen molar-refractivity contribution >= 4 is 76.2 Å². The van der Waals surface area contributed by atoms with Crippen LogP contribution >= 0.6 is 0 Å². The molecule has 0 saturated heterocycles. The van der Waals surface area contributed by atoms with Crippen LogP contribution in [-0.2, 0) is 5.41 Å². The molecule has 0 saturated carbocycles. The van der Waals surface area contributed by atoms with Gasteiger partial charge >= 0.3 is 0 Å². The zero-order chi connectivity index (χ0) is 39.0. The summed E-state index contributed by atoms with van der Waals surface area (Å²) >= 11 is 0. The maximum absolute atomic E-state index is 6.86. The molecule has 0 aliphatic heterocycles. The van der Waals surface area contributed by atoms with Gasteiger partial charge in [0.2, 0.25) is 0 Å². The lowest BCUT2D eigenvalue weighted by atomic mass is 9.81. The highest BCUT2D eigenvalue weighted by Gasteiger charge is 2.39. The second-order valence-corrected chi connectivity index (χ2v) is 16.3. The molecule has 0 N–H and O–H groups in total. The Labute approximate surface area is 338 Å². The average Bonchev–Trinajstić information content (AvgIpc) is 3.93. The first-order valence-electron chi connectivity index (χ1n) is 20.1. The molecule has 5 heteroatoms. The number of nitrogens with zero attached hydrogens (tertiary/aromatic N) is 3. The highest BCUT2D eigenvalue weighted by atomic mass is 16.3. The van der Waals surface area contributed by atoms with Crippen LogP contribution in [0.1, 0.15) is 25.0 Å². The Morgan fingerprint density at radius 3 is 1.78 bits per heavy atom. The van der Waals surface area contributed by atoms with Crippen molar-refractivity contribution < 1.29 is 8.83 Å². The maximum atomic E-state index is 6.86. The highest BCUT2D eigenvalue weighted by Crippen LogP contribution is 2.54. The molecule has 0 atom stereocenters. The van der Waals surface area contributed by atoms with Gasteiger partial charge in [-0.3, -0.25) is 0 Å². The predicted molar refractivity (Wildman–Crippen MR) is 241 cm³/mol. The summed E-state index contributed by atoms with van der Waals surface area (Å²) in [6.07, 6.45) is 0. The van der Waals surface area contributed by atoms with Crippen LogP contribution in [0.15, 0.2) is 173 Å². The van der Waals surface area contributed by atoms with E-state index < -0.39 is 0 Å². The summed E-state index contributed by atoms with van der Waals surface area (Å²) in [6.45, 7) is 4.60. The van der Waals surface area contributed by atoms with E-state index in [0.29, 0.717) is 17.5 Å². The summed E-state index contributed by atoms with van der Waals surface area (Å²) in [4.78, 5) is 16.1. The number of fused-ring (bicyclic) bond motifs is 15. The van der Waals surface area contributed by atoms with Gasteiger partial charge in [0.25, 0.3) is 0 Å². The van der Waals surface area contributed by atoms with Gasteiger partial charge in [0.1, 0.15) is 22.3 Å². The molecule has 13 rings (SSSR count). The molecule has 59 heavy (non-hydrogen) atoms. The summed E-state index contributed by atoms with van der Waals surface area (Å²) in [6, 6.07) is 57.7. The standard InChI is InChI=1S/C54H33N3O2/c1-54(2)42-16-8-5-14-37(42)49-43(54)29-41(48-38-15-7-10-18-45(38)59-50(48)49)53-56-51(55-52(57-53)34-25-26-46-40(28-34)36-13-6-9-17-44(36)58-46)33-24-21-31-20-23-32-22-19-30-11-3-4-12-35(30)47(32)39(31)27-33/h3-29H,1-2H3. The van der Waals surface area contributed by atoms with Crippen molar-refractivity contribution in [3.05, 3.63) is 175 Å². The number of hydrogen-bond donors (Lipinski definition) is 0. The third-order valence-corrected chi connectivity index (χ3v) is 12.7. The smallest absolute Gasteiger partial charge is 0.164 e. The van der Waals surface area contributed by atoms with E-state index in [1.54, 1.807) is 0 Å². The second-order valence-electron chi connectivity index (χ2n) is 16.3. The Bertz CT molecular complexity index is 3770. The number of benzene rings is 9. The lowest BCUT2D eigenvalue weighted by Gasteiger charge is -2.22. The van der Waals surface area contributed by atoms with Crippen molar-refractivity contribution in [3.63, 3.8) is 0 Å². The summed E-state index contributed by atoms with van der Waals surface area (Å²) in [5, 5.41) is 11.3. The van der Waals surface area contributed by atoms with E-state index in [1.807, 2.05) is 30.3 Å². The molecule has 5 nitrogen and oxygen atoms in total. The van der Waals surface area contributed by atoms with Gasteiger partial charge in [0, 0.05) is 49.2 Å². The quantitative estimate of drug-likeness (QED) is 0.168. The predicted octanol–water partition coefficient (Wildman–Crippen LogP) is 14.4. The van der Waals surface area contributed by atoms with Crippen LogP contribution in [0.2, 0.25) is 0 Å². The molecule has 0 radical (unpaired) electrons. The molecule has 3 aromatic heterocycles. The van der Waals surface area contributed by atoms with Gasteiger partial charge < -0.3 is 8.83 Å². The Kier molecular flexibility index (Phi) is 6.44. The summed E-state index contributed by atoms with van der Waals surface area (Å²) in [5.41, 5.74) is 10.6. The number of hydrogen-bond acceptors (Lipinski definition) is 5. The summed E-state index contributed by atoms with van der Waals surface area (Å²) < 4.78 is 13.1. The minimum Gasteiger partial charge on any atom is -0.456 e. The number of aromatic nitrogens is 3. The van der Waals surface area contributed by atoms with Crippen LogP contribution in [0.25, 0.3) is 121 Å². The fourth-order valence-electron chi connectivity index (χ4n) is 9.81. The first-order valence-corrected chi connectivity index (χ1v) is 20.1. The van der Waals surface area contributed by atoms with E-state index in [1.165, 1.54) is 38.2 Å². The lowest BCUT2D eigenvalue weighted by molar-refractivity contribution is 0.653. The van der Waals surface area contributed by atoms with Crippen molar-refractivity contribution in [1.29, 1.82) is 0 Å². The first-order chi connectivity index (χ1) is 29.0. The van der Waals surface area contributed by atoms with Crippen LogP contribution in [-0.4, -0.2) is 15.0 Å². The van der Waals surface area contributed by atoms with Gasteiger partial charge in [0.05, 0.1) is 0 Å². The first kappa shape index (κ1) is 32.5. The van der Waals surface area contributed by atoms with Crippen LogP contribution in [0.4, 0.5) is 0 Å². The Hall–Kier alpha value is -7.63. The topological polar surface area (TPSA) is 65.0 Å². The average molecular weight is 756 g/mol. The number of furan rings is 2. The molecule has 0 bridgehead atoms. The Morgan fingerprint density at radius 1 is 0.390 bits per heavy atom. The lowest BCUT2D eigenvalue weighted by Crippen LogP contribution is -2.15. The fraction of sp³-hybridized carbons (Fsp3) is 0.0556. The normalized spacial score (nSPS) is 13.4. The molecule has 12 aromatic rings. The van der Waals surface area contributed by atoms with Crippen LogP contribution in [0.3, 0.4) is 0 Å². The molecule has 276 valence electrons. The molecule has 3 heterocycles. The summed E-state index contributed by atoms with van der Waals surface area (Å²) in [7, 11) is 0. The van der Waals surface area contributed by atoms with Gasteiger partial charge in [-0.1, -0.05) is 135 Å². The van der Waals surface area contributed by atoms with Crippen LogP contribution in [0.5, 0.6) is 0 Å². The second kappa shape index (κ2) is 11.7. The maximum Gasteiger partial charge on any atom is 0.164 e. The minimum atomic E-state index is -0.276. The molecule has 0 unspecified atom stereocenters. The van der Waals surface area contributed by atoms with Gasteiger partial charge in [-0.2, -0.15) is 0 Å². The number of para-hydroxylation sites is 2. The Morgan fingerprint density at radius 2 is 0.966 bits per heavy atom. The van der Waals surface area contributed by atoms with E-state index in [-0.39, 0.29) is 5.41 Å². The fourth-order valence-corrected chi connectivity index (χ4v) is 9.81. The van der Waals surface area contributed by atoms with E-state index >= 15 is 0 Å². The molecular formula is C54H33N3O2. The summed E-state index contributed by atoms with van der Waals surface area (Å²) in [5.74, 6) is 1.78. The van der Waals surface area contributed by atoms with Crippen molar-refractivity contribution in [2.24, 2.45) is 0 Å². The molecule has 0 spiro atoms. The molecular weight excluding hydrogens is 723 g/mol. The zero-order valence-corrected chi connectivity index (χ0v) is 32.2. The third-order valence-electron chi connectivity index (χ3n) is 12.7. The SMILES string of the molecule is CC1(C)c2ccccc2-c2c1cc(-c1nc(-c3ccc4oc5ccccc5c4c3)nc(-c3ccc4ccc5ccc6ccccc6c5c4c3)n1)c1c2oc2ccccc21. The zero-order valence-electron chi connectivity index (χ0n) is 32.2. The largest absolute Gasteiger partial charge is 0.456 e. The van der Waals surface area contributed by atoms with Crippen LogP contribution < -0.4 is 0 Å². The Balaban J connectivity index is 1.12. The number of rotatable bonds is 3. The molecule has 1 aliphatic carbocycles. The van der Waals surface area contributed by atoms with Gasteiger partial charge in [0.15, 0.2) is 17.5 Å². The molecule has 0 fully saturated rings. The molecule has 0 amide bonds. The van der Waals surface area contributed by atoms with Gasteiger partial charge in [-0.25, -0.2) is 15.0 Å². The van der Waals surface area contributed by atoms with Crippen molar-refractivity contribution in [3.8, 4) is 45.3 Å². The third kappa shape index (κ3) is 4.58. The monoisotopic (exact) mass is 755 g/mol. The highest BCUT2D eigenvalue weighted by molar-refractivity contribution is 6.21. The van der Waals surface area contributed by atoms with E-state index in [9.17, 15) is 0 Å². The van der Waals surface area contributed by atoms with Gasteiger partial charge in [-0.05, 0) is 91.5 Å². The molecule has 1 aliphatic rings. The van der Waals surface area contributed by atoms with Crippen molar-refractivity contribution in [1.82, 2.24) is 15.0 Å². The van der Waals surface area contributed by atoms with Crippen molar-refractivity contribution in [2.45, 2.75) is 19.3 Å².